The maximum absolute atomic E-state index is 12.4. The van der Waals surface area contributed by atoms with Crippen LogP contribution in [0.2, 0.25) is 5.02 Å². The van der Waals surface area contributed by atoms with Crippen molar-refractivity contribution in [2.45, 2.75) is 31.6 Å². The second-order valence-electron chi connectivity index (χ2n) is 7.20. The molecule has 1 atom stereocenters. The average molecular weight is 428 g/mol. The number of aromatic amines is 1. The summed E-state index contributed by atoms with van der Waals surface area (Å²) in [6, 6.07) is 7.78. The Morgan fingerprint density at radius 3 is 2.79 bits per heavy atom. The number of fused-ring (bicyclic) bond motifs is 1. The Hall–Kier alpha value is -2.48. The molecule has 1 unspecified atom stereocenters. The van der Waals surface area contributed by atoms with Crippen LogP contribution in [0.25, 0.3) is 10.9 Å². The molecule has 4 N–H and O–H groups in total. The van der Waals surface area contributed by atoms with Gasteiger partial charge in [-0.05, 0) is 37.1 Å². The molecule has 9 heteroatoms. The maximum Gasteiger partial charge on any atom is 0.405 e. The predicted molar refractivity (Wildman–Crippen MR) is 110 cm³/mol. The molecule has 0 spiro atoms. The van der Waals surface area contributed by atoms with Crippen molar-refractivity contribution in [2.75, 3.05) is 19.6 Å². The van der Waals surface area contributed by atoms with Gasteiger partial charge in [0.25, 0.3) is 0 Å². The summed E-state index contributed by atoms with van der Waals surface area (Å²) in [6.07, 6.45) is -2.49. The summed E-state index contributed by atoms with van der Waals surface area (Å²) in [5.41, 5.74) is 2.01. The number of nitrogens with zero attached hydrogens (tertiary/aromatic N) is 1. The number of halogens is 4. The lowest BCUT2D eigenvalue weighted by molar-refractivity contribution is -0.124. The lowest BCUT2D eigenvalue weighted by atomic mass is 10.1. The van der Waals surface area contributed by atoms with Gasteiger partial charge in [0.2, 0.25) is 0 Å². The van der Waals surface area contributed by atoms with Crippen molar-refractivity contribution in [3.63, 3.8) is 0 Å². The summed E-state index contributed by atoms with van der Waals surface area (Å²) in [5.74, 6) is 0.964. The standard InChI is InChI=1S/C20H25ClF3N5/c1-13(25-10-18-9-15-8-16(21)5-6-19(15)28-18)27-17-4-3-7-29(11-17)14(2)26-12-20(22,23)24/h5-6,8-9,17,25-28H,1-4,7,10-12H2. The first-order chi connectivity index (χ1) is 13.7. The summed E-state index contributed by atoms with van der Waals surface area (Å²) < 4.78 is 37.1. The number of alkyl halides is 3. The SMILES string of the molecule is C=C(NCc1cc2cc(Cl)ccc2[nH]1)NC1CCCN(C(=C)NCC(F)(F)F)C1. The molecule has 1 aliphatic rings. The lowest BCUT2D eigenvalue weighted by Gasteiger charge is -2.36. The fourth-order valence-corrected chi connectivity index (χ4v) is 3.59. The van der Waals surface area contributed by atoms with Crippen LogP contribution in [0.5, 0.6) is 0 Å². The topological polar surface area (TPSA) is 55.1 Å². The van der Waals surface area contributed by atoms with E-state index in [1.165, 1.54) is 0 Å². The van der Waals surface area contributed by atoms with E-state index in [4.69, 9.17) is 11.6 Å². The van der Waals surface area contributed by atoms with E-state index in [0.29, 0.717) is 36.3 Å². The van der Waals surface area contributed by atoms with Crippen LogP contribution in [0.3, 0.4) is 0 Å². The fourth-order valence-electron chi connectivity index (χ4n) is 3.41. The van der Waals surface area contributed by atoms with E-state index in [2.05, 4.69) is 34.1 Å². The molecule has 2 aromatic rings. The molecule has 1 aromatic heterocycles. The van der Waals surface area contributed by atoms with E-state index in [-0.39, 0.29) is 6.04 Å². The van der Waals surface area contributed by atoms with E-state index in [1.807, 2.05) is 29.2 Å². The minimum absolute atomic E-state index is 0.0784. The number of rotatable bonds is 8. The van der Waals surface area contributed by atoms with Crippen LogP contribution in [-0.2, 0) is 6.54 Å². The molecule has 2 heterocycles. The van der Waals surface area contributed by atoms with Crippen molar-refractivity contribution in [3.05, 3.63) is 59.8 Å². The van der Waals surface area contributed by atoms with Crippen LogP contribution in [-0.4, -0.2) is 41.7 Å². The van der Waals surface area contributed by atoms with Gasteiger partial charge in [0.1, 0.15) is 6.54 Å². The molecular formula is C20H25ClF3N5. The molecule has 1 aliphatic heterocycles. The van der Waals surface area contributed by atoms with Crippen LogP contribution >= 0.6 is 11.6 Å². The van der Waals surface area contributed by atoms with Crippen molar-refractivity contribution in [2.24, 2.45) is 0 Å². The average Bonchev–Trinajstić information content (AvgIpc) is 3.06. The molecule has 1 fully saturated rings. The molecule has 0 saturated carbocycles. The quantitative estimate of drug-likeness (QED) is 0.513. The highest BCUT2D eigenvalue weighted by Gasteiger charge is 2.28. The maximum atomic E-state index is 12.4. The summed E-state index contributed by atoms with van der Waals surface area (Å²) in [4.78, 5) is 5.15. The zero-order chi connectivity index (χ0) is 21.0. The van der Waals surface area contributed by atoms with Crippen LogP contribution < -0.4 is 16.0 Å². The first-order valence-corrected chi connectivity index (χ1v) is 9.78. The number of hydrogen-bond donors (Lipinski definition) is 4. The largest absolute Gasteiger partial charge is 0.405 e. The Kier molecular flexibility index (Phi) is 6.52. The summed E-state index contributed by atoms with van der Waals surface area (Å²) in [5, 5.41) is 10.6. The van der Waals surface area contributed by atoms with Gasteiger partial charge in [0.15, 0.2) is 0 Å². The summed E-state index contributed by atoms with van der Waals surface area (Å²) >= 11 is 6.02. The number of H-pyrrole nitrogens is 1. The zero-order valence-electron chi connectivity index (χ0n) is 16.0. The minimum Gasteiger partial charge on any atom is -0.368 e. The van der Waals surface area contributed by atoms with Crippen LogP contribution in [0.4, 0.5) is 13.2 Å². The number of benzene rings is 1. The van der Waals surface area contributed by atoms with Gasteiger partial charge >= 0.3 is 6.18 Å². The van der Waals surface area contributed by atoms with Crippen LogP contribution in [0.1, 0.15) is 18.5 Å². The third-order valence-corrected chi connectivity index (χ3v) is 5.04. The summed E-state index contributed by atoms with van der Waals surface area (Å²) in [6.45, 7) is 8.47. The lowest BCUT2D eigenvalue weighted by Crippen LogP contribution is -2.48. The Labute approximate surface area is 173 Å². The van der Waals surface area contributed by atoms with Gasteiger partial charge in [0.05, 0.1) is 18.2 Å². The molecule has 5 nitrogen and oxygen atoms in total. The van der Waals surface area contributed by atoms with Gasteiger partial charge in [-0.25, -0.2) is 0 Å². The van der Waals surface area contributed by atoms with E-state index in [9.17, 15) is 13.2 Å². The molecule has 158 valence electrons. The number of aromatic nitrogens is 1. The minimum atomic E-state index is -4.26. The zero-order valence-corrected chi connectivity index (χ0v) is 16.8. The number of nitrogens with one attached hydrogen (secondary N) is 4. The first kappa shape index (κ1) is 21.2. The van der Waals surface area contributed by atoms with E-state index >= 15 is 0 Å². The number of piperidine rings is 1. The molecule has 0 bridgehead atoms. The molecule has 0 aliphatic carbocycles. The van der Waals surface area contributed by atoms with Gasteiger partial charge in [-0.2, -0.15) is 13.2 Å². The molecule has 29 heavy (non-hydrogen) atoms. The molecule has 0 amide bonds. The molecular weight excluding hydrogens is 403 g/mol. The van der Waals surface area contributed by atoms with E-state index in [1.54, 1.807) is 0 Å². The Bertz CT molecular complexity index is 877. The molecule has 1 saturated heterocycles. The Balaban J connectivity index is 1.46. The second-order valence-corrected chi connectivity index (χ2v) is 7.64. The van der Waals surface area contributed by atoms with Crippen molar-refractivity contribution in [1.29, 1.82) is 0 Å². The number of likely N-dealkylation sites (tertiary alicyclic amines) is 1. The van der Waals surface area contributed by atoms with Crippen molar-refractivity contribution < 1.29 is 13.2 Å². The smallest absolute Gasteiger partial charge is 0.368 e. The molecule has 1 aromatic carbocycles. The number of hydrogen-bond acceptors (Lipinski definition) is 4. The first-order valence-electron chi connectivity index (χ1n) is 9.40. The molecule has 0 radical (unpaired) electrons. The van der Waals surface area contributed by atoms with E-state index < -0.39 is 12.7 Å². The van der Waals surface area contributed by atoms with Crippen molar-refractivity contribution in [3.8, 4) is 0 Å². The van der Waals surface area contributed by atoms with Crippen LogP contribution in [0.15, 0.2) is 49.1 Å². The fraction of sp³-hybridized carbons (Fsp3) is 0.400. The third-order valence-electron chi connectivity index (χ3n) is 4.81. The molecule has 3 rings (SSSR count). The van der Waals surface area contributed by atoms with Crippen LogP contribution in [0, 0.1) is 0 Å². The monoisotopic (exact) mass is 427 g/mol. The van der Waals surface area contributed by atoms with E-state index in [0.717, 1.165) is 29.4 Å². The highest BCUT2D eigenvalue weighted by molar-refractivity contribution is 6.31. The highest BCUT2D eigenvalue weighted by Crippen LogP contribution is 2.20. The Morgan fingerprint density at radius 1 is 1.24 bits per heavy atom. The predicted octanol–water partition coefficient (Wildman–Crippen LogP) is 4.06. The second kappa shape index (κ2) is 8.90. The normalized spacial score (nSPS) is 17.2. The Morgan fingerprint density at radius 2 is 2.03 bits per heavy atom. The van der Waals surface area contributed by atoms with Gasteiger partial charge in [0, 0.05) is 40.8 Å². The van der Waals surface area contributed by atoms with Gasteiger partial charge in [-0.15, -0.1) is 0 Å². The van der Waals surface area contributed by atoms with Crippen molar-refractivity contribution >= 4 is 22.5 Å². The highest BCUT2D eigenvalue weighted by atomic mass is 35.5. The van der Waals surface area contributed by atoms with Gasteiger partial charge < -0.3 is 25.8 Å². The van der Waals surface area contributed by atoms with Gasteiger partial charge in [-0.1, -0.05) is 24.8 Å². The third kappa shape index (κ3) is 6.25. The van der Waals surface area contributed by atoms with Gasteiger partial charge in [-0.3, -0.25) is 0 Å². The summed E-state index contributed by atoms with van der Waals surface area (Å²) in [7, 11) is 0. The van der Waals surface area contributed by atoms with Crippen molar-refractivity contribution in [1.82, 2.24) is 25.8 Å².